The van der Waals surface area contributed by atoms with Crippen molar-refractivity contribution in [2.75, 3.05) is 0 Å². The van der Waals surface area contributed by atoms with Crippen molar-refractivity contribution in [2.24, 2.45) is 5.92 Å². The predicted molar refractivity (Wildman–Crippen MR) is 120 cm³/mol. The van der Waals surface area contributed by atoms with Crippen LogP contribution in [0.5, 0.6) is 0 Å². The van der Waals surface area contributed by atoms with E-state index in [4.69, 9.17) is 0 Å². The lowest BCUT2D eigenvalue weighted by molar-refractivity contribution is -0.119. The van der Waals surface area contributed by atoms with Crippen molar-refractivity contribution in [3.63, 3.8) is 0 Å². The highest BCUT2D eigenvalue weighted by Gasteiger charge is 2.22. The summed E-state index contributed by atoms with van der Waals surface area (Å²) >= 11 is 2.63. The first-order chi connectivity index (χ1) is 13.4. The standard InChI is InChI=1S/C20H30N4O3S2/c1-8-10(2)9-13-11(3)28-17-14(13)16(26)22-19(23-17)29-12(4)15(25)21-18(27)24-20(5,6)7/h10,12H,8-9H2,1-7H3,(H,22,23,26)(H2,21,24,25,27). The number of H-pyrrole nitrogens is 1. The molecule has 29 heavy (non-hydrogen) atoms. The van der Waals surface area contributed by atoms with Crippen LogP contribution in [-0.4, -0.2) is 32.7 Å². The molecule has 0 radical (unpaired) electrons. The van der Waals surface area contributed by atoms with E-state index in [1.54, 1.807) is 6.92 Å². The summed E-state index contributed by atoms with van der Waals surface area (Å²) < 4.78 is 0. The van der Waals surface area contributed by atoms with E-state index in [2.05, 4.69) is 34.4 Å². The van der Waals surface area contributed by atoms with Gasteiger partial charge in [-0.05, 0) is 52.5 Å². The Morgan fingerprint density at radius 3 is 2.52 bits per heavy atom. The van der Waals surface area contributed by atoms with Crippen molar-refractivity contribution in [1.82, 2.24) is 20.6 Å². The molecule has 3 N–H and O–H groups in total. The second kappa shape index (κ2) is 9.30. The van der Waals surface area contributed by atoms with E-state index in [9.17, 15) is 14.4 Å². The molecular formula is C20H30N4O3S2. The van der Waals surface area contributed by atoms with Crippen molar-refractivity contribution in [1.29, 1.82) is 0 Å². The number of nitrogens with one attached hydrogen (secondary N) is 3. The van der Waals surface area contributed by atoms with Gasteiger partial charge in [-0.25, -0.2) is 9.78 Å². The summed E-state index contributed by atoms with van der Waals surface area (Å²) in [5.74, 6) is 0.0437. The molecule has 0 spiro atoms. The number of imide groups is 1. The van der Waals surface area contributed by atoms with Gasteiger partial charge in [-0.3, -0.25) is 14.9 Å². The van der Waals surface area contributed by atoms with Crippen molar-refractivity contribution in [3.8, 4) is 0 Å². The Hall–Kier alpha value is -1.87. The zero-order valence-corrected chi connectivity index (χ0v) is 19.7. The van der Waals surface area contributed by atoms with Crippen molar-refractivity contribution in [3.05, 3.63) is 20.8 Å². The van der Waals surface area contributed by atoms with Gasteiger partial charge in [0, 0.05) is 10.4 Å². The number of rotatable bonds is 6. The molecule has 0 saturated carbocycles. The van der Waals surface area contributed by atoms with E-state index < -0.39 is 22.7 Å². The maximum atomic E-state index is 12.7. The quantitative estimate of drug-likeness (QED) is 0.467. The number of carbonyl (C=O) groups is 2. The molecule has 0 aromatic carbocycles. The molecule has 2 heterocycles. The number of aromatic nitrogens is 2. The topological polar surface area (TPSA) is 104 Å². The molecule has 9 heteroatoms. The largest absolute Gasteiger partial charge is 0.333 e. The highest BCUT2D eigenvalue weighted by Crippen LogP contribution is 2.31. The summed E-state index contributed by atoms with van der Waals surface area (Å²) in [5, 5.41) is 5.43. The minimum atomic E-state index is -0.595. The van der Waals surface area contributed by atoms with Crippen LogP contribution < -0.4 is 16.2 Å². The zero-order chi connectivity index (χ0) is 21.9. The van der Waals surface area contributed by atoms with Gasteiger partial charge in [-0.2, -0.15) is 0 Å². The Kier molecular flexibility index (Phi) is 7.50. The molecule has 0 saturated heterocycles. The van der Waals surface area contributed by atoms with Crippen LogP contribution in [0.25, 0.3) is 10.2 Å². The molecule has 2 aromatic rings. The fourth-order valence-corrected chi connectivity index (χ4v) is 4.66. The normalized spacial score (nSPS) is 13.9. The number of aryl methyl sites for hydroxylation is 1. The molecule has 2 aromatic heterocycles. The number of hydrogen-bond donors (Lipinski definition) is 3. The molecule has 0 aliphatic rings. The van der Waals surface area contributed by atoms with Gasteiger partial charge in [-0.15, -0.1) is 11.3 Å². The van der Waals surface area contributed by atoms with Crippen LogP contribution in [0, 0.1) is 12.8 Å². The number of amides is 3. The van der Waals surface area contributed by atoms with E-state index in [1.165, 1.54) is 11.3 Å². The number of carbonyl (C=O) groups excluding carboxylic acids is 2. The number of nitrogens with zero attached hydrogens (tertiary/aromatic N) is 1. The summed E-state index contributed by atoms with van der Waals surface area (Å²) in [5.41, 5.74) is 0.440. The molecular weight excluding hydrogens is 408 g/mol. The van der Waals surface area contributed by atoms with Crippen LogP contribution in [0.15, 0.2) is 9.95 Å². The lowest BCUT2D eigenvalue weighted by atomic mass is 9.98. The number of hydrogen-bond acceptors (Lipinski definition) is 6. The number of urea groups is 1. The van der Waals surface area contributed by atoms with E-state index in [1.807, 2.05) is 27.7 Å². The van der Waals surface area contributed by atoms with Gasteiger partial charge in [0.15, 0.2) is 5.16 Å². The van der Waals surface area contributed by atoms with Gasteiger partial charge < -0.3 is 10.3 Å². The molecule has 0 aliphatic carbocycles. The lowest BCUT2D eigenvalue weighted by Crippen LogP contribution is -2.49. The third-order valence-electron chi connectivity index (χ3n) is 4.47. The van der Waals surface area contributed by atoms with Crippen LogP contribution >= 0.6 is 23.1 Å². The summed E-state index contributed by atoms with van der Waals surface area (Å²) in [7, 11) is 0. The van der Waals surface area contributed by atoms with Crippen LogP contribution in [0.4, 0.5) is 4.79 Å². The van der Waals surface area contributed by atoms with Gasteiger partial charge in [0.05, 0.1) is 10.6 Å². The summed E-state index contributed by atoms with van der Waals surface area (Å²) in [6, 6.07) is -0.546. The highest BCUT2D eigenvalue weighted by atomic mass is 32.2. The van der Waals surface area contributed by atoms with Crippen LogP contribution in [0.1, 0.15) is 58.4 Å². The first kappa shape index (κ1) is 23.4. The molecule has 0 aliphatic heterocycles. The monoisotopic (exact) mass is 438 g/mol. The molecule has 3 amide bonds. The Morgan fingerprint density at radius 2 is 1.93 bits per heavy atom. The number of thioether (sulfide) groups is 1. The second-order valence-electron chi connectivity index (χ2n) is 8.36. The lowest BCUT2D eigenvalue weighted by Gasteiger charge is -2.21. The van der Waals surface area contributed by atoms with Gasteiger partial charge in [-0.1, -0.05) is 32.0 Å². The molecule has 7 nitrogen and oxygen atoms in total. The van der Waals surface area contributed by atoms with Crippen molar-refractivity contribution in [2.45, 2.75) is 77.3 Å². The fourth-order valence-electron chi connectivity index (χ4n) is 2.76. The smallest absolute Gasteiger partial charge is 0.321 e. The van der Waals surface area contributed by atoms with Gasteiger partial charge in [0.1, 0.15) is 4.83 Å². The van der Waals surface area contributed by atoms with E-state index >= 15 is 0 Å². The van der Waals surface area contributed by atoms with E-state index in [0.717, 1.165) is 35.0 Å². The molecule has 2 atom stereocenters. The first-order valence-electron chi connectivity index (χ1n) is 9.73. The van der Waals surface area contributed by atoms with Crippen LogP contribution in [-0.2, 0) is 11.2 Å². The average molecular weight is 439 g/mol. The fraction of sp³-hybridized carbons (Fsp3) is 0.600. The summed E-state index contributed by atoms with van der Waals surface area (Å²) in [4.78, 5) is 46.0. The number of aromatic amines is 1. The second-order valence-corrected chi connectivity index (χ2v) is 10.9. The van der Waals surface area contributed by atoms with Crippen LogP contribution in [0.3, 0.4) is 0 Å². The molecule has 160 valence electrons. The average Bonchev–Trinajstić information content (AvgIpc) is 2.88. The van der Waals surface area contributed by atoms with E-state index in [0.29, 0.717) is 21.3 Å². The van der Waals surface area contributed by atoms with Gasteiger partial charge in [0.25, 0.3) is 5.56 Å². The summed E-state index contributed by atoms with van der Waals surface area (Å²) in [6.07, 6.45) is 1.90. The number of fused-ring (bicyclic) bond motifs is 1. The molecule has 2 rings (SSSR count). The molecule has 2 unspecified atom stereocenters. The third kappa shape index (κ3) is 6.30. The van der Waals surface area contributed by atoms with Gasteiger partial charge >= 0.3 is 6.03 Å². The molecule has 0 fully saturated rings. The first-order valence-corrected chi connectivity index (χ1v) is 11.4. The highest BCUT2D eigenvalue weighted by molar-refractivity contribution is 8.00. The van der Waals surface area contributed by atoms with E-state index in [-0.39, 0.29) is 5.56 Å². The van der Waals surface area contributed by atoms with Crippen molar-refractivity contribution < 1.29 is 9.59 Å². The molecule has 0 bridgehead atoms. The maximum Gasteiger partial charge on any atom is 0.321 e. The summed E-state index contributed by atoms with van der Waals surface area (Å²) in [6.45, 7) is 13.5. The Labute approximate surface area is 179 Å². The maximum absolute atomic E-state index is 12.7. The Morgan fingerprint density at radius 1 is 1.28 bits per heavy atom. The number of thiophene rings is 1. The Bertz CT molecular complexity index is 959. The van der Waals surface area contributed by atoms with Crippen LogP contribution in [0.2, 0.25) is 0 Å². The Balaban J connectivity index is 2.17. The minimum Gasteiger partial charge on any atom is -0.333 e. The van der Waals surface area contributed by atoms with Gasteiger partial charge in [0.2, 0.25) is 5.91 Å². The SMILES string of the molecule is CCC(C)Cc1c(C)sc2nc(SC(C)C(=O)NC(=O)NC(C)(C)C)[nH]c(=O)c12. The third-order valence-corrected chi connectivity index (χ3v) is 6.50. The van der Waals surface area contributed by atoms with Crippen molar-refractivity contribution >= 4 is 45.3 Å². The predicted octanol–water partition coefficient (Wildman–Crippen LogP) is 3.99. The zero-order valence-electron chi connectivity index (χ0n) is 18.1. The minimum absolute atomic E-state index is 0.182.